The molecule has 0 spiro atoms. The Balaban J connectivity index is 2.28. The topological polar surface area (TPSA) is 3.24 Å². The van der Waals surface area contributed by atoms with Crippen LogP contribution in [-0.2, 0) is 0 Å². The SMILES string of the molecule is CC(C)N1CC[C@H](CF)C1. The van der Waals surface area contributed by atoms with Crippen LogP contribution in [0.3, 0.4) is 0 Å². The van der Waals surface area contributed by atoms with Crippen molar-refractivity contribution in [1.82, 2.24) is 4.90 Å². The van der Waals surface area contributed by atoms with E-state index < -0.39 is 0 Å². The Morgan fingerprint density at radius 2 is 2.30 bits per heavy atom. The minimum Gasteiger partial charge on any atom is -0.301 e. The van der Waals surface area contributed by atoms with Gasteiger partial charge in [0.1, 0.15) is 0 Å². The van der Waals surface area contributed by atoms with E-state index in [1.54, 1.807) is 0 Å². The third kappa shape index (κ3) is 1.69. The molecule has 60 valence electrons. The predicted molar refractivity (Wildman–Crippen MR) is 40.8 cm³/mol. The largest absolute Gasteiger partial charge is 0.301 e. The number of rotatable bonds is 2. The summed E-state index contributed by atoms with van der Waals surface area (Å²) < 4.78 is 12.1. The van der Waals surface area contributed by atoms with Crippen molar-refractivity contribution in [2.45, 2.75) is 26.3 Å². The van der Waals surface area contributed by atoms with Gasteiger partial charge in [-0.2, -0.15) is 0 Å². The molecule has 2 heteroatoms. The van der Waals surface area contributed by atoms with Gasteiger partial charge in [-0.1, -0.05) is 0 Å². The van der Waals surface area contributed by atoms with Gasteiger partial charge in [-0.3, -0.25) is 4.39 Å². The lowest BCUT2D eigenvalue weighted by molar-refractivity contribution is 0.254. The van der Waals surface area contributed by atoms with Crippen LogP contribution in [0.15, 0.2) is 0 Å². The Kier molecular flexibility index (Phi) is 2.66. The van der Waals surface area contributed by atoms with Crippen LogP contribution >= 0.6 is 0 Å². The highest BCUT2D eigenvalue weighted by Gasteiger charge is 2.23. The van der Waals surface area contributed by atoms with E-state index in [1.165, 1.54) is 0 Å². The van der Waals surface area contributed by atoms with Crippen molar-refractivity contribution in [3.63, 3.8) is 0 Å². The highest BCUT2D eigenvalue weighted by atomic mass is 19.1. The molecule has 1 heterocycles. The van der Waals surface area contributed by atoms with Gasteiger partial charge in [-0.25, -0.2) is 0 Å². The zero-order valence-electron chi connectivity index (χ0n) is 6.81. The normalized spacial score (nSPS) is 28.2. The minimum atomic E-state index is -0.136. The summed E-state index contributed by atoms with van der Waals surface area (Å²) in [6.07, 6.45) is 1.05. The lowest BCUT2D eigenvalue weighted by Gasteiger charge is -2.19. The molecule has 0 N–H and O–H groups in total. The van der Waals surface area contributed by atoms with Gasteiger partial charge in [0.25, 0.3) is 0 Å². The molecule has 1 atom stereocenters. The van der Waals surface area contributed by atoms with Gasteiger partial charge < -0.3 is 4.90 Å². The predicted octanol–water partition coefficient (Wildman–Crippen LogP) is 1.69. The molecule has 0 aliphatic carbocycles. The van der Waals surface area contributed by atoms with Crippen molar-refractivity contribution in [3.8, 4) is 0 Å². The van der Waals surface area contributed by atoms with Crippen LogP contribution < -0.4 is 0 Å². The van der Waals surface area contributed by atoms with E-state index in [4.69, 9.17) is 0 Å². The van der Waals surface area contributed by atoms with E-state index in [-0.39, 0.29) is 6.67 Å². The molecule has 0 saturated carbocycles. The quantitative estimate of drug-likeness (QED) is 0.571. The van der Waals surface area contributed by atoms with Crippen LogP contribution in [0, 0.1) is 5.92 Å². The van der Waals surface area contributed by atoms with E-state index in [1.807, 2.05) is 0 Å². The summed E-state index contributed by atoms with van der Waals surface area (Å²) in [5.74, 6) is 0.322. The number of alkyl halides is 1. The van der Waals surface area contributed by atoms with Crippen LogP contribution in [0.2, 0.25) is 0 Å². The Morgan fingerprint density at radius 1 is 1.60 bits per heavy atom. The van der Waals surface area contributed by atoms with E-state index >= 15 is 0 Å². The fraction of sp³-hybridized carbons (Fsp3) is 1.00. The molecule has 10 heavy (non-hydrogen) atoms. The van der Waals surface area contributed by atoms with Crippen LogP contribution in [0.4, 0.5) is 4.39 Å². The minimum absolute atomic E-state index is 0.136. The molecule has 0 bridgehead atoms. The maximum atomic E-state index is 12.1. The summed E-state index contributed by atoms with van der Waals surface area (Å²) in [4.78, 5) is 2.34. The standard InChI is InChI=1S/C8H16FN/c1-7(2)10-4-3-8(5-9)6-10/h7-8H,3-6H2,1-2H3/t8-/m1/s1. The number of halogens is 1. The second-order valence-corrected chi connectivity index (χ2v) is 3.40. The fourth-order valence-electron chi connectivity index (χ4n) is 1.46. The van der Waals surface area contributed by atoms with Gasteiger partial charge in [-0.05, 0) is 26.8 Å². The van der Waals surface area contributed by atoms with Crippen molar-refractivity contribution in [2.24, 2.45) is 5.92 Å². The molecule has 0 radical (unpaired) electrons. The average Bonchev–Trinajstić information content (AvgIpc) is 2.34. The van der Waals surface area contributed by atoms with Crippen LogP contribution in [-0.4, -0.2) is 30.7 Å². The van der Waals surface area contributed by atoms with E-state index in [0.29, 0.717) is 12.0 Å². The molecular formula is C8H16FN. The molecule has 1 nitrogen and oxygen atoms in total. The van der Waals surface area contributed by atoms with Gasteiger partial charge in [0.2, 0.25) is 0 Å². The van der Waals surface area contributed by atoms with Gasteiger partial charge in [-0.15, -0.1) is 0 Å². The highest BCUT2D eigenvalue weighted by molar-refractivity contribution is 4.76. The molecule has 1 saturated heterocycles. The van der Waals surface area contributed by atoms with Crippen molar-refractivity contribution >= 4 is 0 Å². The van der Waals surface area contributed by atoms with Gasteiger partial charge >= 0.3 is 0 Å². The van der Waals surface area contributed by atoms with Crippen LogP contribution in [0.25, 0.3) is 0 Å². The van der Waals surface area contributed by atoms with Crippen molar-refractivity contribution in [1.29, 1.82) is 0 Å². The summed E-state index contributed by atoms with van der Waals surface area (Å²) >= 11 is 0. The van der Waals surface area contributed by atoms with Crippen molar-refractivity contribution < 1.29 is 4.39 Å². The summed E-state index contributed by atoms with van der Waals surface area (Å²) in [5, 5.41) is 0. The van der Waals surface area contributed by atoms with Gasteiger partial charge in [0.05, 0.1) is 6.67 Å². The number of likely N-dealkylation sites (tertiary alicyclic amines) is 1. The first-order valence-corrected chi connectivity index (χ1v) is 4.04. The lowest BCUT2D eigenvalue weighted by Crippen LogP contribution is -2.28. The second-order valence-electron chi connectivity index (χ2n) is 3.40. The summed E-state index contributed by atoms with van der Waals surface area (Å²) in [7, 11) is 0. The molecule has 0 unspecified atom stereocenters. The fourth-order valence-corrected chi connectivity index (χ4v) is 1.46. The first-order chi connectivity index (χ1) is 4.74. The van der Waals surface area contributed by atoms with Gasteiger partial charge in [0.15, 0.2) is 0 Å². The molecule has 0 aromatic rings. The molecule has 0 aromatic heterocycles. The average molecular weight is 145 g/mol. The first kappa shape index (κ1) is 7.99. The number of hydrogen-bond acceptors (Lipinski definition) is 1. The Bertz CT molecular complexity index is 103. The Morgan fingerprint density at radius 3 is 2.60 bits per heavy atom. The molecular weight excluding hydrogens is 129 g/mol. The monoisotopic (exact) mass is 145 g/mol. The third-order valence-electron chi connectivity index (χ3n) is 2.27. The van der Waals surface area contributed by atoms with Crippen molar-refractivity contribution in [3.05, 3.63) is 0 Å². The van der Waals surface area contributed by atoms with Gasteiger partial charge in [0, 0.05) is 18.5 Å². The summed E-state index contributed by atoms with van der Waals surface area (Å²) in [5.41, 5.74) is 0. The van der Waals surface area contributed by atoms with Crippen LogP contribution in [0.1, 0.15) is 20.3 Å². The molecule has 0 amide bonds. The molecule has 1 aliphatic heterocycles. The first-order valence-electron chi connectivity index (χ1n) is 4.04. The van der Waals surface area contributed by atoms with E-state index in [9.17, 15) is 4.39 Å². The molecule has 1 aliphatic rings. The maximum Gasteiger partial charge on any atom is 0.0935 e. The van der Waals surface area contributed by atoms with E-state index in [2.05, 4.69) is 18.7 Å². The Labute approximate surface area is 62.2 Å². The summed E-state index contributed by atoms with van der Waals surface area (Å²) in [6.45, 7) is 6.25. The Hall–Kier alpha value is -0.110. The second kappa shape index (κ2) is 3.33. The molecule has 0 aromatic carbocycles. The van der Waals surface area contributed by atoms with E-state index in [0.717, 1.165) is 19.5 Å². The number of nitrogens with zero attached hydrogens (tertiary/aromatic N) is 1. The molecule has 1 fully saturated rings. The zero-order valence-corrected chi connectivity index (χ0v) is 6.81. The lowest BCUT2D eigenvalue weighted by atomic mass is 10.1. The third-order valence-corrected chi connectivity index (χ3v) is 2.27. The maximum absolute atomic E-state index is 12.1. The zero-order chi connectivity index (χ0) is 7.56. The molecule has 1 rings (SSSR count). The smallest absolute Gasteiger partial charge is 0.0935 e. The highest BCUT2D eigenvalue weighted by Crippen LogP contribution is 2.18. The van der Waals surface area contributed by atoms with Crippen molar-refractivity contribution in [2.75, 3.05) is 19.8 Å². The summed E-state index contributed by atoms with van der Waals surface area (Å²) in [6, 6.07) is 0.594. The van der Waals surface area contributed by atoms with Crippen LogP contribution in [0.5, 0.6) is 0 Å². The number of hydrogen-bond donors (Lipinski definition) is 0.